The summed E-state index contributed by atoms with van der Waals surface area (Å²) >= 11 is 0. The largest absolute Gasteiger partial charge is 0.315 e. The first-order chi connectivity index (χ1) is 12.1. The Kier molecular flexibility index (Phi) is 7.17. The van der Waals surface area contributed by atoms with Crippen molar-refractivity contribution in [2.45, 2.75) is 105 Å². The zero-order valence-corrected chi connectivity index (χ0v) is 18.9. The fourth-order valence-electron chi connectivity index (χ4n) is 4.86. The normalized spacial score (nSPS) is 30.2. The molecule has 3 fully saturated rings. The minimum atomic E-state index is -1.12. The smallest absolute Gasteiger partial charge is 0.260 e. The van der Waals surface area contributed by atoms with E-state index in [1.54, 1.807) is 0 Å². The van der Waals surface area contributed by atoms with Crippen LogP contribution >= 0.6 is 8.53 Å². The van der Waals surface area contributed by atoms with E-state index in [0.717, 1.165) is 19.3 Å². The average molecular weight is 383 g/mol. The van der Waals surface area contributed by atoms with Gasteiger partial charge in [0.05, 0.1) is 5.60 Å². The highest BCUT2D eigenvalue weighted by Gasteiger charge is 2.55. The Morgan fingerprint density at radius 2 is 1.50 bits per heavy atom. The molecule has 0 heterocycles. The minimum Gasteiger partial charge on any atom is -0.315 e. The maximum atomic E-state index is 7.03. The molecule has 0 aromatic carbocycles. The van der Waals surface area contributed by atoms with Crippen LogP contribution in [-0.2, 0) is 9.05 Å². The fourth-order valence-corrected chi connectivity index (χ4v) is 6.73. The Bertz CT molecular complexity index is 475. The summed E-state index contributed by atoms with van der Waals surface area (Å²) in [6.07, 6.45) is 7.26. The van der Waals surface area contributed by atoms with Crippen LogP contribution in [0.1, 0.15) is 87.0 Å². The van der Waals surface area contributed by atoms with Crippen molar-refractivity contribution in [1.29, 1.82) is 0 Å². The summed E-state index contributed by atoms with van der Waals surface area (Å²) in [5.74, 6) is 0. The van der Waals surface area contributed by atoms with Crippen molar-refractivity contribution in [2.24, 2.45) is 10.8 Å². The molecule has 0 aliphatic heterocycles. The van der Waals surface area contributed by atoms with E-state index >= 15 is 0 Å². The number of hydrogen-bond donors (Lipinski definition) is 0. The highest BCUT2D eigenvalue weighted by molar-refractivity contribution is 7.44. The van der Waals surface area contributed by atoms with E-state index in [4.69, 9.17) is 15.6 Å². The summed E-state index contributed by atoms with van der Waals surface area (Å²) in [4.78, 5) is 3.45. The first-order valence-corrected chi connectivity index (χ1v) is 11.4. The predicted molar refractivity (Wildman–Crippen MR) is 110 cm³/mol. The van der Waals surface area contributed by atoms with Gasteiger partial charge in [-0.05, 0) is 77.0 Å². The van der Waals surface area contributed by atoms with E-state index < -0.39 is 8.53 Å². The maximum Gasteiger partial charge on any atom is 0.260 e. The van der Waals surface area contributed by atoms with Crippen molar-refractivity contribution in [3.63, 3.8) is 0 Å². The van der Waals surface area contributed by atoms with E-state index in [0.29, 0.717) is 36.1 Å². The van der Waals surface area contributed by atoms with Gasteiger partial charge < -0.3 is 13.9 Å². The van der Waals surface area contributed by atoms with E-state index in [-0.39, 0.29) is 5.60 Å². The van der Waals surface area contributed by atoms with Crippen molar-refractivity contribution in [3.8, 4) is 0 Å². The van der Waals surface area contributed by atoms with E-state index in [2.05, 4.69) is 58.0 Å². The molecule has 0 aromatic heterocycles. The second-order valence-electron chi connectivity index (χ2n) is 9.82. The predicted octanol–water partition coefficient (Wildman–Crippen LogP) is 6.42. The maximum absolute atomic E-state index is 7.03. The van der Waals surface area contributed by atoms with Crippen LogP contribution in [0.2, 0.25) is 0 Å². The monoisotopic (exact) mass is 382 g/mol. The van der Waals surface area contributed by atoms with Gasteiger partial charge in [-0.2, -0.15) is 0 Å². The van der Waals surface area contributed by atoms with Crippen molar-refractivity contribution in [1.82, 2.24) is 4.67 Å². The van der Waals surface area contributed by atoms with E-state index in [1.807, 2.05) is 0 Å². The molecular formula is C21H39N2O2P. The quantitative estimate of drug-likeness (QED) is 0.275. The standard InChI is InChI=1S/C21H39N2O2P/c1-17(2)23(18(3)4)26(24-16-15-22-8)25-21-12-9-20(10-13-21,11-14-21)19(5,6)7/h17-18H,9-16H2,1-7H3. The third-order valence-corrected chi connectivity index (χ3v) is 8.94. The molecular weight excluding hydrogens is 343 g/mol. The van der Waals surface area contributed by atoms with Crippen LogP contribution < -0.4 is 0 Å². The van der Waals surface area contributed by atoms with E-state index in [9.17, 15) is 0 Å². The van der Waals surface area contributed by atoms with Gasteiger partial charge in [0, 0.05) is 12.1 Å². The summed E-state index contributed by atoms with van der Waals surface area (Å²) in [5.41, 5.74) is 0.846. The van der Waals surface area contributed by atoms with Crippen molar-refractivity contribution in [3.05, 3.63) is 11.4 Å². The minimum absolute atomic E-state index is 0.0150. The van der Waals surface area contributed by atoms with Crippen molar-refractivity contribution < 1.29 is 9.05 Å². The SMILES string of the molecule is [C-]#[N+]CCOP(OC12CCC(C(C)(C)C)(CC1)CC2)N(C(C)C)C(C)C. The topological polar surface area (TPSA) is 26.1 Å². The fraction of sp³-hybridized carbons (Fsp3) is 0.952. The lowest BCUT2D eigenvalue weighted by molar-refractivity contribution is -0.119. The summed E-state index contributed by atoms with van der Waals surface area (Å²) < 4.78 is 15.4. The zero-order valence-electron chi connectivity index (χ0n) is 18.0. The Labute approximate surface area is 162 Å². The molecule has 3 aliphatic carbocycles. The molecule has 3 saturated carbocycles. The highest BCUT2D eigenvalue weighted by Crippen LogP contribution is 2.64. The second-order valence-corrected chi connectivity index (χ2v) is 11.2. The first kappa shape index (κ1) is 22.1. The number of fused-ring (bicyclic) bond motifs is 3. The molecule has 1 atom stereocenters. The van der Waals surface area contributed by atoms with Crippen LogP contribution in [-0.4, -0.2) is 35.5 Å². The van der Waals surface area contributed by atoms with Gasteiger partial charge in [0.25, 0.3) is 8.53 Å². The van der Waals surface area contributed by atoms with Crippen LogP contribution in [0.25, 0.3) is 4.85 Å². The molecule has 3 aliphatic rings. The molecule has 26 heavy (non-hydrogen) atoms. The lowest BCUT2D eigenvalue weighted by atomic mass is 9.50. The van der Waals surface area contributed by atoms with Gasteiger partial charge >= 0.3 is 0 Å². The summed E-state index contributed by atoms with van der Waals surface area (Å²) in [6, 6.07) is 0.734. The molecule has 3 rings (SSSR count). The van der Waals surface area contributed by atoms with Gasteiger partial charge in [-0.15, -0.1) is 0 Å². The van der Waals surface area contributed by atoms with E-state index in [1.165, 1.54) is 19.3 Å². The number of nitrogens with zero attached hydrogens (tertiary/aromatic N) is 2. The van der Waals surface area contributed by atoms with Crippen LogP contribution in [0.15, 0.2) is 0 Å². The number of hydrogen-bond acceptors (Lipinski definition) is 3. The highest BCUT2D eigenvalue weighted by atomic mass is 31.2. The number of rotatable bonds is 8. The Morgan fingerprint density at radius 1 is 1.00 bits per heavy atom. The molecule has 0 radical (unpaired) electrons. The third-order valence-electron chi connectivity index (χ3n) is 6.69. The molecule has 2 bridgehead atoms. The van der Waals surface area contributed by atoms with Crippen molar-refractivity contribution >= 4 is 8.53 Å². The van der Waals surface area contributed by atoms with Gasteiger partial charge in [0.15, 0.2) is 0 Å². The molecule has 0 spiro atoms. The molecule has 0 amide bonds. The van der Waals surface area contributed by atoms with Gasteiger partial charge in [-0.3, -0.25) is 0 Å². The van der Waals surface area contributed by atoms with Gasteiger partial charge in [-0.1, -0.05) is 20.8 Å². The second kappa shape index (κ2) is 8.44. The average Bonchev–Trinajstić information content (AvgIpc) is 2.54. The van der Waals surface area contributed by atoms with Crippen LogP contribution in [0.3, 0.4) is 0 Å². The van der Waals surface area contributed by atoms with Crippen LogP contribution in [0.4, 0.5) is 0 Å². The van der Waals surface area contributed by atoms with Crippen LogP contribution in [0.5, 0.6) is 0 Å². The lowest BCUT2D eigenvalue weighted by Gasteiger charge is -2.59. The molecule has 0 N–H and O–H groups in total. The lowest BCUT2D eigenvalue weighted by Crippen LogP contribution is -2.52. The first-order valence-electron chi connectivity index (χ1n) is 10.3. The Balaban J connectivity index is 2.12. The summed E-state index contributed by atoms with van der Waals surface area (Å²) in [5, 5.41) is 0. The molecule has 0 aromatic rings. The summed E-state index contributed by atoms with van der Waals surface area (Å²) in [6.45, 7) is 24.0. The van der Waals surface area contributed by atoms with Gasteiger partial charge in [0.2, 0.25) is 6.54 Å². The van der Waals surface area contributed by atoms with Crippen LogP contribution in [0, 0.1) is 17.4 Å². The van der Waals surface area contributed by atoms with Gasteiger partial charge in [-0.25, -0.2) is 11.2 Å². The molecule has 0 saturated heterocycles. The molecule has 150 valence electrons. The van der Waals surface area contributed by atoms with Gasteiger partial charge in [0.1, 0.15) is 6.61 Å². The third kappa shape index (κ3) is 4.61. The van der Waals surface area contributed by atoms with Crippen molar-refractivity contribution in [2.75, 3.05) is 13.2 Å². The molecule has 4 nitrogen and oxygen atoms in total. The zero-order chi connectivity index (χ0) is 19.6. The Hall–Kier alpha value is -0.200. The molecule has 1 unspecified atom stereocenters. The molecule has 5 heteroatoms. The Morgan fingerprint density at radius 3 is 1.88 bits per heavy atom. The summed E-state index contributed by atoms with van der Waals surface area (Å²) in [7, 11) is -1.12.